The summed E-state index contributed by atoms with van der Waals surface area (Å²) in [4.78, 5) is 2.41. The fraction of sp³-hybridized carbons (Fsp3) is 1.00. The van der Waals surface area contributed by atoms with E-state index in [4.69, 9.17) is 4.74 Å². The average molecular weight is 214 g/mol. The molecule has 0 saturated heterocycles. The number of methoxy groups -OCH3 is 1. The highest BCUT2D eigenvalue weighted by Crippen LogP contribution is 2.32. The maximum Gasteiger partial charge on any atom is 0.0474 e. The van der Waals surface area contributed by atoms with Crippen LogP contribution in [0.4, 0.5) is 0 Å². The third-order valence-corrected chi connectivity index (χ3v) is 3.64. The number of ether oxygens (including phenoxy) is 1. The van der Waals surface area contributed by atoms with Crippen molar-refractivity contribution in [2.45, 2.75) is 37.6 Å². The van der Waals surface area contributed by atoms with Crippen molar-refractivity contribution in [2.24, 2.45) is 0 Å². The zero-order valence-electron chi connectivity index (χ0n) is 10.5. The molecule has 0 aromatic carbocycles. The molecular formula is C12H26N2O. The molecule has 1 aliphatic rings. The summed E-state index contributed by atoms with van der Waals surface area (Å²) in [5, 5.41) is 3.56. The molecule has 1 rings (SSSR count). The molecule has 0 aliphatic heterocycles. The lowest BCUT2D eigenvalue weighted by molar-refractivity contribution is 0.150. The standard InChI is InChI=1S/C12H26N2O/c1-14(2)12(7-4-5-8-12)11-13-9-6-10-15-3/h13H,4-11H2,1-3H3. The Morgan fingerprint density at radius 1 is 1.27 bits per heavy atom. The minimum atomic E-state index is 0.424. The van der Waals surface area contributed by atoms with E-state index in [2.05, 4.69) is 24.3 Å². The van der Waals surface area contributed by atoms with Crippen molar-refractivity contribution in [1.82, 2.24) is 10.2 Å². The fourth-order valence-electron chi connectivity index (χ4n) is 2.48. The zero-order valence-corrected chi connectivity index (χ0v) is 10.5. The van der Waals surface area contributed by atoms with Crippen LogP contribution in [0.3, 0.4) is 0 Å². The second kappa shape index (κ2) is 6.46. The van der Waals surface area contributed by atoms with Gasteiger partial charge in [-0.3, -0.25) is 0 Å². The van der Waals surface area contributed by atoms with Gasteiger partial charge >= 0.3 is 0 Å². The molecule has 90 valence electrons. The number of nitrogens with zero attached hydrogens (tertiary/aromatic N) is 1. The molecule has 3 nitrogen and oxygen atoms in total. The molecule has 0 amide bonds. The van der Waals surface area contributed by atoms with E-state index < -0.39 is 0 Å². The van der Waals surface area contributed by atoms with Gasteiger partial charge in [-0.2, -0.15) is 0 Å². The summed E-state index contributed by atoms with van der Waals surface area (Å²) >= 11 is 0. The third kappa shape index (κ3) is 3.74. The van der Waals surface area contributed by atoms with Crippen LogP contribution in [-0.2, 0) is 4.74 Å². The molecule has 0 heterocycles. The van der Waals surface area contributed by atoms with Gasteiger partial charge in [0.05, 0.1) is 0 Å². The molecule has 0 radical (unpaired) electrons. The van der Waals surface area contributed by atoms with Gasteiger partial charge in [0.15, 0.2) is 0 Å². The van der Waals surface area contributed by atoms with Crippen molar-refractivity contribution in [2.75, 3.05) is 40.9 Å². The molecule has 1 saturated carbocycles. The molecule has 0 spiro atoms. The molecule has 1 fully saturated rings. The lowest BCUT2D eigenvalue weighted by Crippen LogP contribution is -2.49. The smallest absolute Gasteiger partial charge is 0.0474 e. The Balaban J connectivity index is 2.21. The van der Waals surface area contributed by atoms with Crippen LogP contribution in [0.25, 0.3) is 0 Å². The number of hydrogen-bond acceptors (Lipinski definition) is 3. The second-order valence-corrected chi connectivity index (χ2v) is 4.85. The fourth-order valence-corrected chi connectivity index (χ4v) is 2.48. The van der Waals surface area contributed by atoms with E-state index in [1.54, 1.807) is 7.11 Å². The first-order chi connectivity index (χ1) is 7.21. The number of likely N-dealkylation sites (N-methyl/N-ethyl adjacent to an activating group) is 1. The Morgan fingerprint density at radius 2 is 1.93 bits per heavy atom. The summed E-state index contributed by atoms with van der Waals surface area (Å²) in [7, 11) is 6.18. The summed E-state index contributed by atoms with van der Waals surface area (Å²) in [5.74, 6) is 0. The van der Waals surface area contributed by atoms with Crippen molar-refractivity contribution in [3.63, 3.8) is 0 Å². The molecule has 3 heteroatoms. The highest BCUT2D eigenvalue weighted by molar-refractivity contribution is 4.94. The first kappa shape index (κ1) is 12.9. The number of rotatable bonds is 7. The maximum absolute atomic E-state index is 5.04. The van der Waals surface area contributed by atoms with Crippen LogP contribution in [0.1, 0.15) is 32.1 Å². The largest absolute Gasteiger partial charge is 0.385 e. The molecule has 0 aromatic rings. The van der Waals surface area contributed by atoms with Crippen LogP contribution < -0.4 is 5.32 Å². The van der Waals surface area contributed by atoms with Gasteiger partial charge in [-0.15, -0.1) is 0 Å². The Bertz CT molecular complexity index is 165. The van der Waals surface area contributed by atoms with E-state index in [9.17, 15) is 0 Å². The second-order valence-electron chi connectivity index (χ2n) is 4.85. The van der Waals surface area contributed by atoms with Gasteiger partial charge in [-0.05, 0) is 39.9 Å². The number of hydrogen-bond donors (Lipinski definition) is 1. The topological polar surface area (TPSA) is 24.5 Å². The molecule has 0 atom stereocenters. The minimum absolute atomic E-state index is 0.424. The maximum atomic E-state index is 5.04. The monoisotopic (exact) mass is 214 g/mol. The van der Waals surface area contributed by atoms with Gasteiger partial charge in [0.2, 0.25) is 0 Å². The van der Waals surface area contributed by atoms with Crippen LogP contribution in [-0.4, -0.2) is 51.3 Å². The Hall–Kier alpha value is -0.120. The van der Waals surface area contributed by atoms with Crippen molar-refractivity contribution < 1.29 is 4.74 Å². The summed E-state index contributed by atoms with van der Waals surface area (Å²) in [6.45, 7) is 3.06. The SMILES string of the molecule is COCCCNCC1(N(C)C)CCCC1. The van der Waals surface area contributed by atoms with E-state index in [1.807, 2.05) is 0 Å². The Morgan fingerprint density at radius 3 is 2.47 bits per heavy atom. The van der Waals surface area contributed by atoms with Gasteiger partial charge in [0.1, 0.15) is 0 Å². The van der Waals surface area contributed by atoms with E-state index in [1.165, 1.54) is 25.7 Å². The van der Waals surface area contributed by atoms with Crippen LogP contribution >= 0.6 is 0 Å². The van der Waals surface area contributed by atoms with Crippen molar-refractivity contribution in [1.29, 1.82) is 0 Å². The molecule has 15 heavy (non-hydrogen) atoms. The van der Waals surface area contributed by atoms with Crippen LogP contribution in [0.5, 0.6) is 0 Å². The summed E-state index contributed by atoms with van der Waals surface area (Å²) < 4.78 is 5.04. The Kier molecular flexibility index (Phi) is 5.58. The lowest BCUT2D eigenvalue weighted by atomic mass is 9.96. The normalized spacial score (nSPS) is 20.0. The highest BCUT2D eigenvalue weighted by atomic mass is 16.5. The third-order valence-electron chi connectivity index (χ3n) is 3.64. The predicted molar refractivity (Wildman–Crippen MR) is 64.2 cm³/mol. The Labute approximate surface area is 94.2 Å². The van der Waals surface area contributed by atoms with E-state index in [-0.39, 0.29) is 0 Å². The molecular weight excluding hydrogens is 188 g/mol. The van der Waals surface area contributed by atoms with Crippen LogP contribution in [0.2, 0.25) is 0 Å². The van der Waals surface area contributed by atoms with Crippen LogP contribution in [0, 0.1) is 0 Å². The highest BCUT2D eigenvalue weighted by Gasteiger charge is 2.35. The van der Waals surface area contributed by atoms with E-state index in [0.29, 0.717) is 5.54 Å². The van der Waals surface area contributed by atoms with Gasteiger partial charge < -0.3 is 15.0 Å². The molecule has 1 N–H and O–H groups in total. The summed E-state index contributed by atoms with van der Waals surface area (Å²) in [6, 6.07) is 0. The van der Waals surface area contributed by atoms with E-state index >= 15 is 0 Å². The van der Waals surface area contributed by atoms with Crippen LogP contribution in [0.15, 0.2) is 0 Å². The van der Waals surface area contributed by atoms with Crippen molar-refractivity contribution in [3.8, 4) is 0 Å². The minimum Gasteiger partial charge on any atom is -0.385 e. The van der Waals surface area contributed by atoms with E-state index in [0.717, 1.165) is 26.1 Å². The quantitative estimate of drug-likeness (QED) is 0.650. The molecule has 0 unspecified atom stereocenters. The lowest BCUT2D eigenvalue weighted by Gasteiger charge is -2.36. The first-order valence-electron chi connectivity index (χ1n) is 6.08. The average Bonchev–Trinajstić information content (AvgIpc) is 2.67. The van der Waals surface area contributed by atoms with Crippen molar-refractivity contribution in [3.05, 3.63) is 0 Å². The van der Waals surface area contributed by atoms with Gasteiger partial charge in [-0.1, -0.05) is 12.8 Å². The van der Waals surface area contributed by atoms with Crippen molar-refractivity contribution >= 4 is 0 Å². The number of nitrogens with one attached hydrogen (secondary N) is 1. The summed E-state index contributed by atoms with van der Waals surface area (Å²) in [6.07, 6.45) is 6.57. The van der Waals surface area contributed by atoms with Gasteiger partial charge in [0.25, 0.3) is 0 Å². The zero-order chi connectivity index (χ0) is 11.1. The van der Waals surface area contributed by atoms with Gasteiger partial charge in [0, 0.05) is 25.8 Å². The summed E-state index contributed by atoms with van der Waals surface area (Å²) in [5.41, 5.74) is 0.424. The molecule has 0 bridgehead atoms. The van der Waals surface area contributed by atoms with Gasteiger partial charge in [-0.25, -0.2) is 0 Å². The molecule has 0 aromatic heterocycles. The molecule has 1 aliphatic carbocycles. The first-order valence-corrected chi connectivity index (χ1v) is 6.08. The predicted octanol–water partition coefficient (Wildman–Crippen LogP) is 1.49.